The second-order valence-electron chi connectivity index (χ2n) is 8.03. The second-order valence-corrected chi connectivity index (χ2v) is 8.97. The maximum atomic E-state index is 14.3. The molecular formula is C25H27FN2O3S. The van der Waals surface area contributed by atoms with Gasteiger partial charge in [-0.15, -0.1) is 11.3 Å². The normalized spacial score (nSPS) is 14.3. The van der Waals surface area contributed by atoms with E-state index < -0.39 is 5.82 Å². The van der Waals surface area contributed by atoms with Gasteiger partial charge in [-0.3, -0.25) is 4.79 Å². The summed E-state index contributed by atoms with van der Waals surface area (Å²) in [5.41, 5.74) is 1.75. The minimum atomic E-state index is -0.478. The average Bonchev–Trinajstić information content (AvgIpc) is 3.31. The highest BCUT2D eigenvalue weighted by Crippen LogP contribution is 2.27. The Morgan fingerprint density at radius 1 is 1.12 bits per heavy atom. The van der Waals surface area contributed by atoms with Crippen molar-refractivity contribution in [2.24, 2.45) is 0 Å². The summed E-state index contributed by atoms with van der Waals surface area (Å²) < 4.78 is 20.1. The van der Waals surface area contributed by atoms with Crippen LogP contribution in [0, 0.1) is 5.82 Å². The van der Waals surface area contributed by atoms with Crippen molar-refractivity contribution in [3.8, 4) is 5.75 Å². The molecule has 1 aliphatic carbocycles. The van der Waals surface area contributed by atoms with E-state index in [4.69, 9.17) is 9.84 Å². The lowest BCUT2D eigenvalue weighted by Gasteiger charge is -2.34. The number of thiazole rings is 1. The van der Waals surface area contributed by atoms with Crippen LogP contribution in [0.25, 0.3) is 0 Å². The molecule has 1 saturated carbocycles. The largest absolute Gasteiger partial charge is 0.486 e. The number of nitrogens with zero attached hydrogens (tertiary/aromatic N) is 2. The molecule has 3 aromatic rings. The van der Waals surface area contributed by atoms with Crippen LogP contribution in [0.5, 0.6) is 5.75 Å². The van der Waals surface area contributed by atoms with E-state index in [1.807, 2.05) is 34.5 Å². The first-order chi connectivity index (χ1) is 15.6. The van der Waals surface area contributed by atoms with Crippen molar-refractivity contribution in [2.75, 3.05) is 0 Å². The van der Waals surface area contributed by atoms with Crippen molar-refractivity contribution >= 4 is 17.2 Å². The number of halogens is 1. The Kier molecular flexibility index (Phi) is 7.50. The van der Waals surface area contributed by atoms with Crippen LogP contribution in [0.3, 0.4) is 0 Å². The summed E-state index contributed by atoms with van der Waals surface area (Å²) >= 11 is 1.45. The molecule has 0 aliphatic heterocycles. The van der Waals surface area contributed by atoms with Crippen molar-refractivity contribution in [2.45, 2.75) is 57.9 Å². The third kappa shape index (κ3) is 5.53. The number of carbonyl (C=O) groups is 1. The fraction of sp³-hybridized carbons (Fsp3) is 0.360. The number of benzene rings is 2. The van der Waals surface area contributed by atoms with E-state index in [0.717, 1.165) is 36.3 Å². The van der Waals surface area contributed by atoms with Crippen molar-refractivity contribution in [3.63, 3.8) is 0 Å². The Morgan fingerprint density at radius 3 is 2.56 bits per heavy atom. The van der Waals surface area contributed by atoms with Crippen molar-refractivity contribution in [1.29, 1.82) is 0 Å². The predicted octanol–water partition coefficient (Wildman–Crippen LogP) is 5.33. The summed E-state index contributed by atoms with van der Waals surface area (Å²) in [4.78, 5) is 19.4. The average molecular weight is 455 g/mol. The van der Waals surface area contributed by atoms with Gasteiger partial charge in [0.05, 0.1) is 17.9 Å². The summed E-state index contributed by atoms with van der Waals surface area (Å²) in [5, 5.41) is 11.7. The van der Waals surface area contributed by atoms with Crippen molar-refractivity contribution < 1.29 is 19.0 Å². The molecule has 1 N–H and O–H groups in total. The highest BCUT2D eigenvalue weighted by Gasteiger charge is 2.27. The Bertz CT molecular complexity index is 1030. The molecule has 0 radical (unpaired) electrons. The highest BCUT2D eigenvalue weighted by atomic mass is 32.1. The number of hydrogen-bond acceptors (Lipinski definition) is 5. The van der Waals surface area contributed by atoms with Gasteiger partial charge in [-0.1, -0.05) is 43.5 Å². The predicted molar refractivity (Wildman–Crippen MR) is 122 cm³/mol. The Balaban J connectivity index is 1.45. The second kappa shape index (κ2) is 10.7. The van der Waals surface area contributed by atoms with Crippen LogP contribution >= 0.6 is 11.3 Å². The summed E-state index contributed by atoms with van der Waals surface area (Å²) in [7, 11) is 0. The van der Waals surface area contributed by atoms with Crippen LogP contribution in [0.4, 0.5) is 4.39 Å². The summed E-state index contributed by atoms with van der Waals surface area (Å²) in [6.07, 6.45) is 5.26. The number of rotatable bonds is 8. The zero-order valence-corrected chi connectivity index (χ0v) is 18.7. The first-order valence-corrected chi connectivity index (χ1v) is 11.8. The SMILES string of the molecule is O=C(c1ccccc1F)N(Cc1ccc(OCc2nc(CO)cs2)cc1)C1CCCCC1. The molecule has 1 aliphatic rings. The first kappa shape index (κ1) is 22.4. The molecule has 168 valence electrons. The molecule has 0 spiro atoms. The maximum absolute atomic E-state index is 14.3. The van der Waals surface area contributed by atoms with Gasteiger partial charge in [-0.25, -0.2) is 9.37 Å². The van der Waals surface area contributed by atoms with Gasteiger partial charge in [-0.05, 0) is 42.7 Å². The topological polar surface area (TPSA) is 62.7 Å². The molecule has 0 unspecified atom stereocenters. The monoisotopic (exact) mass is 454 g/mol. The van der Waals surface area contributed by atoms with Gasteiger partial charge in [0.2, 0.25) is 0 Å². The number of aliphatic hydroxyl groups is 1. The first-order valence-electron chi connectivity index (χ1n) is 11.0. The highest BCUT2D eigenvalue weighted by molar-refractivity contribution is 7.09. The zero-order valence-electron chi connectivity index (χ0n) is 17.9. The fourth-order valence-corrected chi connectivity index (χ4v) is 4.77. The van der Waals surface area contributed by atoms with E-state index in [0.29, 0.717) is 24.6 Å². The van der Waals surface area contributed by atoms with Gasteiger partial charge < -0.3 is 14.7 Å². The lowest BCUT2D eigenvalue weighted by molar-refractivity contribution is 0.0609. The van der Waals surface area contributed by atoms with E-state index >= 15 is 0 Å². The summed E-state index contributed by atoms with van der Waals surface area (Å²) in [6, 6.07) is 14.0. The third-order valence-corrected chi connectivity index (χ3v) is 6.65. The number of hydrogen-bond donors (Lipinski definition) is 1. The number of aliphatic hydroxyl groups excluding tert-OH is 1. The molecule has 32 heavy (non-hydrogen) atoms. The number of ether oxygens (including phenoxy) is 1. The van der Waals surface area contributed by atoms with Crippen LogP contribution in [0.15, 0.2) is 53.9 Å². The van der Waals surface area contributed by atoms with E-state index in [2.05, 4.69) is 4.98 Å². The minimum Gasteiger partial charge on any atom is -0.486 e. The van der Waals surface area contributed by atoms with Crippen LogP contribution in [-0.4, -0.2) is 26.9 Å². The van der Waals surface area contributed by atoms with Crippen LogP contribution in [0.2, 0.25) is 0 Å². The van der Waals surface area contributed by atoms with Crippen molar-refractivity contribution in [1.82, 2.24) is 9.88 Å². The molecule has 0 atom stereocenters. The zero-order chi connectivity index (χ0) is 22.3. The molecule has 1 heterocycles. The summed E-state index contributed by atoms with van der Waals surface area (Å²) in [5.74, 6) is -0.0217. The van der Waals surface area contributed by atoms with E-state index in [1.54, 1.807) is 18.2 Å². The van der Waals surface area contributed by atoms with E-state index in [-0.39, 0.29) is 24.1 Å². The molecule has 1 amide bonds. The van der Waals surface area contributed by atoms with Gasteiger partial charge in [-0.2, -0.15) is 0 Å². The number of aromatic nitrogens is 1. The minimum absolute atomic E-state index is 0.0751. The molecule has 7 heteroatoms. The molecule has 0 saturated heterocycles. The molecule has 2 aromatic carbocycles. The van der Waals surface area contributed by atoms with Crippen LogP contribution in [0.1, 0.15) is 58.7 Å². The Labute approximate surface area is 191 Å². The molecule has 4 rings (SSSR count). The smallest absolute Gasteiger partial charge is 0.257 e. The lowest BCUT2D eigenvalue weighted by atomic mass is 9.93. The standard InChI is InChI=1S/C25H27FN2O3S/c26-23-9-5-4-8-22(23)25(30)28(20-6-2-1-3-7-20)14-18-10-12-21(13-11-18)31-16-24-27-19(15-29)17-32-24/h4-5,8-13,17,20,29H,1-3,6-7,14-16H2. The van der Waals surface area contributed by atoms with E-state index in [1.165, 1.54) is 23.8 Å². The fourth-order valence-electron chi connectivity index (χ4n) is 4.07. The van der Waals surface area contributed by atoms with Crippen LogP contribution in [-0.2, 0) is 19.8 Å². The number of amides is 1. The Morgan fingerprint density at radius 2 is 1.88 bits per heavy atom. The maximum Gasteiger partial charge on any atom is 0.257 e. The quantitative estimate of drug-likeness (QED) is 0.500. The van der Waals surface area contributed by atoms with Crippen molar-refractivity contribution in [3.05, 3.63) is 81.6 Å². The molecule has 1 fully saturated rings. The van der Waals surface area contributed by atoms with Gasteiger partial charge in [0.25, 0.3) is 5.91 Å². The summed E-state index contributed by atoms with van der Waals surface area (Å²) in [6.45, 7) is 0.697. The molecule has 1 aromatic heterocycles. The third-order valence-electron chi connectivity index (χ3n) is 5.78. The number of carbonyl (C=O) groups excluding carboxylic acids is 1. The van der Waals surface area contributed by atoms with Gasteiger partial charge in [0, 0.05) is 18.0 Å². The van der Waals surface area contributed by atoms with Gasteiger partial charge >= 0.3 is 0 Å². The van der Waals surface area contributed by atoms with Crippen LogP contribution < -0.4 is 4.74 Å². The lowest BCUT2D eigenvalue weighted by Crippen LogP contribution is -2.41. The Hall–Kier alpha value is -2.77. The van der Waals surface area contributed by atoms with Gasteiger partial charge in [0.1, 0.15) is 23.2 Å². The molecule has 5 nitrogen and oxygen atoms in total. The molecule has 0 bridgehead atoms. The van der Waals surface area contributed by atoms with E-state index in [9.17, 15) is 9.18 Å². The van der Waals surface area contributed by atoms with Gasteiger partial charge in [0.15, 0.2) is 0 Å². The molecular weight excluding hydrogens is 427 g/mol.